The minimum absolute atomic E-state index is 0.156. The van der Waals surface area contributed by atoms with Crippen molar-refractivity contribution in [2.45, 2.75) is 38.8 Å². The average Bonchev–Trinajstić information content (AvgIpc) is 2.56. The Labute approximate surface area is 141 Å². The number of rotatable bonds is 2. The maximum atomic E-state index is 12.6. The molecule has 24 heavy (non-hydrogen) atoms. The van der Waals surface area contributed by atoms with E-state index in [1.807, 2.05) is 12.2 Å². The van der Waals surface area contributed by atoms with E-state index in [0.717, 1.165) is 12.8 Å². The Hall–Kier alpha value is -2.24. The van der Waals surface area contributed by atoms with Crippen LogP contribution < -0.4 is 0 Å². The van der Waals surface area contributed by atoms with Crippen LogP contribution in [0.1, 0.15) is 26.7 Å². The van der Waals surface area contributed by atoms with E-state index in [0.29, 0.717) is 0 Å². The van der Waals surface area contributed by atoms with Gasteiger partial charge in [0.05, 0.1) is 25.3 Å². The average molecular weight is 330 g/mol. The molecule has 0 aromatic heterocycles. The van der Waals surface area contributed by atoms with E-state index < -0.39 is 12.2 Å². The Kier molecular flexibility index (Phi) is 3.27. The molecule has 5 rings (SSSR count). The number of fused-ring (bicyclic) bond motifs is 1. The van der Waals surface area contributed by atoms with Crippen molar-refractivity contribution in [3.63, 3.8) is 0 Å². The van der Waals surface area contributed by atoms with Crippen molar-refractivity contribution in [1.82, 2.24) is 10.0 Å². The van der Waals surface area contributed by atoms with Crippen LogP contribution in [0.4, 0.5) is 9.59 Å². The first-order valence-corrected chi connectivity index (χ1v) is 8.57. The van der Waals surface area contributed by atoms with Gasteiger partial charge in [0.25, 0.3) is 0 Å². The van der Waals surface area contributed by atoms with E-state index in [-0.39, 0.29) is 36.1 Å². The minimum atomic E-state index is -0.497. The largest absolute Gasteiger partial charge is 0.448 e. The van der Waals surface area contributed by atoms with E-state index in [9.17, 15) is 9.59 Å². The molecule has 0 saturated carbocycles. The monoisotopic (exact) mass is 330 g/mol. The fraction of sp³-hybridized carbons (Fsp3) is 0.556. The highest BCUT2D eigenvalue weighted by Crippen LogP contribution is 2.67. The molecule has 1 fully saturated rings. The Morgan fingerprint density at radius 2 is 1.33 bits per heavy atom. The quantitative estimate of drug-likeness (QED) is 0.730. The van der Waals surface area contributed by atoms with Crippen LogP contribution in [0.5, 0.6) is 0 Å². The summed E-state index contributed by atoms with van der Waals surface area (Å²) in [6, 6.07) is -0.471. The van der Waals surface area contributed by atoms with Gasteiger partial charge in [-0.05, 0) is 26.7 Å². The van der Waals surface area contributed by atoms with Crippen molar-refractivity contribution < 1.29 is 19.1 Å². The number of nitrogens with zero attached hydrogens (tertiary/aromatic N) is 2. The maximum Gasteiger partial charge on any atom is 0.429 e. The lowest BCUT2D eigenvalue weighted by Gasteiger charge is -2.70. The molecule has 0 unspecified atom stereocenters. The number of ether oxygens (including phenoxy) is 2. The Balaban J connectivity index is 1.80. The number of allylic oxidation sites excluding steroid dienone is 2. The van der Waals surface area contributed by atoms with E-state index in [1.54, 1.807) is 13.8 Å². The number of carbonyl (C=O) groups excluding carboxylic acids is 2. The van der Waals surface area contributed by atoms with Crippen molar-refractivity contribution in [1.29, 1.82) is 0 Å². The van der Waals surface area contributed by atoms with Crippen LogP contribution in [0.3, 0.4) is 0 Å². The van der Waals surface area contributed by atoms with Gasteiger partial charge in [0.2, 0.25) is 0 Å². The van der Waals surface area contributed by atoms with E-state index in [4.69, 9.17) is 9.47 Å². The zero-order valence-electron chi connectivity index (χ0n) is 14.0. The molecular formula is C18H22N2O4. The van der Waals surface area contributed by atoms with Gasteiger partial charge in [-0.1, -0.05) is 36.5 Å². The van der Waals surface area contributed by atoms with Gasteiger partial charge in [-0.25, -0.2) is 19.6 Å². The van der Waals surface area contributed by atoms with Gasteiger partial charge in [-0.2, -0.15) is 0 Å². The summed E-state index contributed by atoms with van der Waals surface area (Å²) in [7, 11) is 0. The first kappa shape index (κ1) is 15.3. The third-order valence-corrected chi connectivity index (χ3v) is 5.82. The van der Waals surface area contributed by atoms with E-state index in [1.165, 1.54) is 10.0 Å². The van der Waals surface area contributed by atoms with E-state index >= 15 is 0 Å². The van der Waals surface area contributed by atoms with Gasteiger partial charge in [0.1, 0.15) is 0 Å². The fourth-order valence-corrected chi connectivity index (χ4v) is 4.78. The van der Waals surface area contributed by atoms with Crippen LogP contribution in [0, 0.1) is 10.8 Å². The van der Waals surface area contributed by atoms with Crippen LogP contribution in [0.2, 0.25) is 0 Å². The highest BCUT2D eigenvalue weighted by Gasteiger charge is 2.71. The lowest BCUT2D eigenvalue weighted by Crippen LogP contribution is -2.78. The molecule has 0 spiro atoms. The second-order valence-electron chi connectivity index (χ2n) is 6.66. The molecule has 5 aliphatic rings. The normalized spacial score (nSPS) is 37.6. The molecule has 2 heterocycles. The molecule has 3 aliphatic carbocycles. The topological polar surface area (TPSA) is 59.1 Å². The standard InChI is InChI=1S/C18H22N2O4/c1-3-23-15(21)19-13-7-8-14(20(19)16(22)24-4-2)18-10-6-5-9-17(13,18)11-12-18/h5-8,11-14H,3-4,9-10H2,1-2H3/t13-,14+,17-,18+. The fourth-order valence-electron chi connectivity index (χ4n) is 4.78. The number of carbonyl (C=O) groups is 2. The zero-order chi connectivity index (χ0) is 16.9. The number of hydrogen-bond acceptors (Lipinski definition) is 4. The first-order valence-electron chi connectivity index (χ1n) is 8.57. The van der Waals surface area contributed by atoms with Crippen LogP contribution >= 0.6 is 0 Å². The summed E-state index contributed by atoms with van der Waals surface area (Å²) >= 11 is 0. The smallest absolute Gasteiger partial charge is 0.429 e. The second kappa shape index (κ2) is 5.13. The van der Waals surface area contributed by atoms with Crippen molar-refractivity contribution in [2.75, 3.05) is 13.2 Å². The molecule has 0 aromatic carbocycles. The van der Waals surface area contributed by atoms with E-state index in [2.05, 4.69) is 24.3 Å². The van der Waals surface area contributed by atoms with Gasteiger partial charge in [-0.3, -0.25) is 0 Å². The molecule has 6 nitrogen and oxygen atoms in total. The van der Waals surface area contributed by atoms with Crippen LogP contribution in [0.25, 0.3) is 0 Å². The molecule has 2 aliphatic heterocycles. The first-order chi connectivity index (χ1) is 11.6. The summed E-state index contributed by atoms with van der Waals surface area (Å²) in [4.78, 5) is 25.3. The van der Waals surface area contributed by atoms with Crippen molar-refractivity contribution in [3.8, 4) is 0 Å². The molecule has 6 heteroatoms. The Morgan fingerprint density at radius 3 is 1.67 bits per heavy atom. The molecule has 4 atom stereocenters. The Bertz CT molecular complexity index is 616. The number of hydrazine groups is 1. The molecule has 1 saturated heterocycles. The summed E-state index contributed by atoms with van der Waals surface area (Å²) in [6.45, 7) is 4.06. The van der Waals surface area contributed by atoms with Gasteiger partial charge < -0.3 is 9.47 Å². The predicted molar refractivity (Wildman–Crippen MR) is 86.8 cm³/mol. The third-order valence-electron chi connectivity index (χ3n) is 5.82. The van der Waals surface area contributed by atoms with Gasteiger partial charge >= 0.3 is 12.2 Å². The minimum Gasteiger partial charge on any atom is -0.448 e. The summed E-state index contributed by atoms with van der Waals surface area (Å²) in [5, 5.41) is 2.93. The summed E-state index contributed by atoms with van der Waals surface area (Å²) in [5.41, 5.74) is -0.312. The summed E-state index contributed by atoms with van der Waals surface area (Å²) in [6.07, 6.45) is 13.6. The van der Waals surface area contributed by atoms with Crippen LogP contribution in [-0.4, -0.2) is 47.5 Å². The van der Waals surface area contributed by atoms with Gasteiger partial charge in [0.15, 0.2) is 0 Å². The second-order valence-corrected chi connectivity index (χ2v) is 6.66. The zero-order valence-corrected chi connectivity index (χ0v) is 14.0. The molecule has 2 amide bonds. The highest BCUT2D eigenvalue weighted by atomic mass is 16.6. The van der Waals surface area contributed by atoms with Gasteiger partial charge in [-0.15, -0.1) is 0 Å². The van der Waals surface area contributed by atoms with Gasteiger partial charge in [0, 0.05) is 10.8 Å². The SMILES string of the molecule is CCOC(=O)N1[C@H]2C=C[C@@H](N1C(=O)OCC)[C@@]13C=C[C@@]21CC=CC3. The van der Waals surface area contributed by atoms with Crippen molar-refractivity contribution in [2.24, 2.45) is 10.8 Å². The lowest BCUT2D eigenvalue weighted by atomic mass is 9.42. The molecule has 0 radical (unpaired) electrons. The summed E-state index contributed by atoms with van der Waals surface area (Å²) < 4.78 is 10.5. The van der Waals surface area contributed by atoms with Crippen molar-refractivity contribution >= 4 is 12.2 Å². The van der Waals surface area contributed by atoms with Crippen LogP contribution in [0.15, 0.2) is 36.5 Å². The highest BCUT2D eigenvalue weighted by molar-refractivity contribution is 5.77. The number of hydrogen-bond donors (Lipinski definition) is 0. The Morgan fingerprint density at radius 1 is 0.917 bits per heavy atom. The summed E-state index contributed by atoms with van der Waals surface area (Å²) in [5.74, 6) is 0. The molecule has 0 aromatic rings. The predicted octanol–water partition coefficient (Wildman–Crippen LogP) is 3.03. The molecule has 128 valence electrons. The molecular weight excluding hydrogens is 308 g/mol. The molecule has 0 N–H and O–H groups in total. The third kappa shape index (κ3) is 1.61. The van der Waals surface area contributed by atoms with Crippen LogP contribution in [-0.2, 0) is 9.47 Å². The number of amides is 2. The lowest BCUT2D eigenvalue weighted by molar-refractivity contribution is -0.182. The maximum absolute atomic E-state index is 12.6. The van der Waals surface area contributed by atoms with Crippen molar-refractivity contribution in [3.05, 3.63) is 36.5 Å². The molecule has 2 bridgehead atoms.